The first-order valence-corrected chi connectivity index (χ1v) is 6.06. The third-order valence-electron chi connectivity index (χ3n) is 2.38. The quantitative estimate of drug-likeness (QED) is 0.752. The first-order chi connectivity index (χ1) is 8.08. The van der Waals surface area contributed by atoms with Crippen molar-refractivity contribution in [2.45, 2.75) is 19.5 Å². The summed E-state index contributed by atoms with van der Waals surface area (Å²) < 4.78 is 1.07. The maximum absolute atomic E-state index is 11.3. The molecule has 0 bridgehead atoms. The molecule has 6 heteroatoms. The number of rotatable bonds is 3. The molecule has 2 aromatic heterocycles. The number of nitrogens with zero attached hydrogens (tertiary/aromatic N) is 1. The molecule has 0 aliphatic carbocycles. The average molecular weight is 250 g/mol. The summed E-state index contributed by atoms with van der Waals surface area (Å²) in [5.74, 6) is 0.358. The fraction of sp³-hybridized carbons (Fsp3) is 0.273. The molecule has 2 heterocycles. The molecular weight excluding hydrogens is 236 g/mol. The Kier molecular flexibility index (Phi) is 3.26. The van der Waals surface area contributed by atoms with E-state index in [1.165, 1.54) is 0 Å². The van der Waals surface area contributed by atoms with Gasteiger partial charge < -0.3 is 16.8 Å². The van der Waals surface area contributed by atoms with Crippen LogP contribution >= 0.6 is 11.3 Å². The molecule has 90 valence electrons. The molecule has 2 rings (SSSR count). The molecule has 2 aromatic rings. The van der Waals surface area contributed by atoms with E-state index in [1.807, 2.05) is 12.1 Å². The predicted molar refractivity (Wildman–Crippen MR) is 69.5 cm³/mol. The van der Waals surface area contributed by atoms with Gasteiger partial charge in [0.2, 0.25) is 5.91 Å². The fourth-order valence-electron chi connectivity index (χ4n) is 1.46. The summed E-state index contributed by atoms with van der Waals surface area (Å²) in [6.07, 6.45) is 1.68. The summed E-state index contributed by atoms with van der Waals surface area (Å²) >= 11 is 1.59. The van der Waals surface area contributed by atoms with E-state index in [-0.39, 0.29) is 5.91 Å². The molecule has 0 spiro atoms. The third-order valence-corrected chi connectivity index (χ3v) is 3.48. The molecule has 0 radical (unpaired) electrons. The average Bonchev–Trinajstić information content (AvgIpc) is 2.70. The van der Waals surface area contributed by atoms with Crippen molar-refractivity contribution in [3.8, 4) is 0 Å². The van der Waals surface area contributed by atoms with Crippen molar-refractivity contribution in [2.75, 3.05) is 5.73 Å². The molecule has 0 aromatic carbocycles. The Balaban J connectivity index is 2.15. The molecule has 0 saturated heterocycles. The van der Waals surface area contributed by atoms with Gasteiger partial charge in [-0.25, -0.2) is 4.98 Å². The number of aromatic nitrogens is 1. The third kappa shape index (κ3) is 2.54. The Labute approximate surface area is 103 Å². The number of anilines is 1. The SMILES string of the molecule is C[C@H](N)C(=O)NCc1cc2c(N)nccc2s1. The molecule has 5 N–H and O–H groups in total. The highest BCUT2D eigenvalue weighted by Crippen LogP contribution is 2.28. The lowest BCUT2D eigenvalue weighted by atomic mass is 10.3. The first kappa shape index (κ1) is 11.8. The molecule has 0 saturated carbocycles. The molecule has 0 fully saturated rings. The van der Waals surface area contributed by atoms with E-state index < -0.39 is 6.04 Å². The number of hydrogen-bond donors (Lipinski definition) is 3. The number of nitrogen functional groups attached to an aromatic ring is 1. The maximum atomic E-state index is 11.3. The second-order valence-electron chi connectivity index (χ2n) is 3.83. The fourth-order valence-corrected chi connectivity index (χ4v) is 2.46. The summed E-state index contributed by atoms with van der Waals surface area (Å²) in [7, 11) is 0. The van der Waals surface area contributed by atoms with Crippen molar-refractivity contribution in [3.63, 3.8) is 0 Å². The first-order valence-electron chi connectivity index (χ1n) is 5.24. The number of nitrogens with two attached hydrogens (primary N) is 2. The summed E-state index contributed by atoms with van der Waals surface area (Å²) in [5, 5.41) is 3.70. The molecule has 0 aliphatic rings. The van der Waals surface area contributed by atoms with Gasteiger partial charge in [0, 0.05) is 21.2 Å². The number of amides is 1. The summed E-state index contributed by atoms with van der Waals surface area (Å²) in [4.78, 5) is 16.4. The number of nitrogens with one attached hydrogen (secondary N) is 1. The van der Waals surface area contributed by atoms with Crippen LogP contribution in [0.3, 0.4) is 0 Å². The van der Waals surface area contributed by atoms with Crippen LogP contribution in [0.25, 0.3) is 10.1 Å². The van der Waals surface area contributed by atoms with Gasteiger partial charge in [-0.3, -0.25) is 4.79 Å². The zero-order chi connectivity index (χ0) is 12.4. The van der Waals surface area contributed by atoms with Crippen molar-refractivity contribution < 1.29 is 4.79 Å². The molecule has 1 atom stereocenters. The topological polar surface area (TPSA) is 94.0 Å². The predicted octanol–water partition coefficient (Wildman–Crippen LogP) is 0.842. The zero-order valence-electron chi connectivity index (χ0n) is 9.43. The highest BCUT2D eigenvalue weighted by Gasteiger charge is 2.09. The van der Waals surface area contributed by atoms with E-state index in [1.54, 1.807) is 24.5 Å². The van der Waals surface area contributed by atoms with Gasteiger partial charge in [0.25, 0.3) is 0 Å². The standard InChI is InChI=1S/C11H14N4OS/c1-6(12)11(16)15-5-7-4-8-9(17-7)2-3-14-10(8)13/h2-4,6H,5,12H2,1H3,(H2,13,14)(H,15,16)/t6-/m0/s1. The van der Waals surface area contributed by atoms with Gasteiger partial charge in [0.1, 0.15) is 5.82 Å². The van der Waals surface area contributed by atoms with Crippen LogP contribution in [0.2, 0.25) is 0 Å². The molecule has 5 nitrogen and oxygen atoms in total. The van der Waals surface area contributed by atoms with Crippen molar-refractivity contribution >= 4 is 33.1 Å². The Morgan fingerprint density at radius 2 is 2.41 bits per heavy atom. The second kappa shape index (κ2) is 4.68. The maximum Gasteiger partial charge on any atom is 0.236 e. The van der Waals surface area contributed by atoms with Gasteiger partial charge in [-0.2, -0.15) is 0 Å². The molecule has 0 aliphatic heterocycles. The number of fused-ring (bicyclic) bond motifs is 1. The Hall–Kier alpha value is -1.66. The lowest BCUT2D eigenvalue weighted by Gasteiger charge is -2.05. The van der Waals surface area contributed by atoms with Gasteiger partial charge in [-0.1, -0.05) is 0 Å². The van der Waals surface area contributed by atoms with Crippen molar-refractivity contribution in [3.05, 3.63) is 23.2 Å². The van der Waals surface area contributed by atoms with Crippen molar-refractivity contribution in [1.29, 1.82) is 0 Å². The highest BCUT2D eigenvalue weighted by molar-refractivity contribution is 7.19. The van der Waals surface area contributed by atoms with E-state index in [9.17, 15) is 4.79 Å². The largest absolute Gasteiger partial charge is 0.383 e. The Bertz CT molecular complexity index is 549. The number of hydrogen-bond acceptors (Lipinski definition) is 5. The van der Waals surface area contributed by atoms with Crippen molar-refractivity contribution in [1.82, 2.24) is 10.3 Å². The van der Waals surface area contributed by atoms with Gasteiger partial charge in [0.15, 0.2) is 0 Å². The second-order valence-corrected chi connectivity index (χ2v) is 5.00. The molecule has 0 unspecified atom stereocenters. The Morgan fingerprint density at radius 3 is 3.06 bits per heavy atom. The van der Waals surface area contributed by atoms with Gasteiger partial charge in [0.05, 0.1) is 12.6 Å². The van der Waals surface area contributed by atoms with E-state index >= 15 is 0 Å². The monoisotopic (exact) mass is 250 g/mol. The zero-order valence-corrected chi connectivity index (χ0v) is 10.3. The van der Waals surface area contributed by atoms with Crippen LogP contribution in [0.4, 0.5) is 5.82 Å². The van der Waals surface area contributed by atoms with Gasteiger partial charge >= 0.3 is 0 Å². The summed E-state index contributed by atoms with van der Waals surface area (Å²) in [5.41, 5.74) is 11.2. The normalized spacial score (nSPS) is 12.6. The number of carbonyl (C=O) groups is 1. The van der Waals surface area contributed by atoms with Crippen LogP contribution in [-0.4, -0.2) is 16.9 Å². The summed E-state index contributed by atoms with van der Waals surface area (Å²) in [6.45, 7) is 2.13. The lowest BCUT2D eigenvalue weighted by molar-refractivity contribution is -0.122. The Morgan fingerprint density at radius 1 is 1.65 bits per heavy atom. The molecule has 17 heavy (non-hydrogen) atoms. The van der Waals surface area contributed by atoms with E-state index in [4.69, 9.17) is 11.5 Å². The van der Waals surface area contributed by atoms with E-state index in [0.717, 1.165) is 15.0 Å². The van der Waals surface area contributed by atoms with Gasteiger partial charge in [-0.05, 0) is 19.1 Å². The number of pyridine rings is 1. The molecule has 1 amide bonds. The van der Waals surface area contributed by atoms with Gasteiger partial charge in [-0.15, -0.1) is 11.3 Å². The van der Waals surface area contributed by atoms with Crippen LogP contribution in [0, 0.1) is 0 Å². The smallest absolute Gasteiger partial charge is 0.236 e. The minimum atomic E-state index is -0.490. The van der Waals surface area contributed by atoms with E-state index in [0.29, 0.717) is 12.4 Å². The highest BCUT2D eigenvalue weighted by atomic mass is 32.1. The molecular formula is C11H14N4OS. The van der Waals surface area contributed by atoms with Crippen LogP contribution < -0.4 is 16.8 Å². The summed E-state index contributed by atoms with van der Waals surface area (Å²) in [6, 6.07) is 3.37. The van der Waals surface area contributed by atoms with Crippen LogP contribution in [0.5, 0.6) is 0 Å². The van der Waals surface area contributed by atoms with E-state index in [2.05, 4.69) is 10.3 Å². The number of carbonyl (C=O) groups excluding carboxylic acids is 1. The lowest BCUT2D eigenvalue weighted by Crippen LogP contribution is -2.37. The number of thiophene rings is 1. The van der Waals surface area contributed by atoms with Crippen LogP contribution in [0.1, 0.15) is 11.8 Å². The van der Waals surface area contributed by atoms with Crippen LogP contribution in [-0.2, 0) is 11.3 Å². The minimum absolute atomic E-state index is 0.159. The van der Waals surface area contributed by atoms with Crippen LogP contribution in [0.15, 0.2) is 18.3 Å². The van der Waals surface area contributed by atoms with Crippen molar-refractivity contribution in [2.24, 2.45) is 5.73 Å². The minimum Gasteiger partial charge on any atom is -0.383 e.